The van der Waals surface area contributed by atoms with E-state index in [0.29, 0.717) is 0 Å². The molecule has 1 aromatic rings. The second kappa shape index (κ2) is 4.25. The van der Waals surface area contributed by atoms with E-state index in [9.17, 15) is 0 Å². The lowest BCUT2D eigenvalue weighted by molar-refractivity contribution is 0.415. The van der Waals surface area contributed by atoms with Gasteiger partial charge in [-0.15, -0.1) is 6.42 Å². The van der Waals surface area contributed by atoms with Crippen LogP contribution in [0.15, 0.2) is 30.3 Å². The highest BCUT2D eigenvalue weighted by molar-refractivity contribution is 5.53. The van der Waals surface area contributed by atoms with Gasteiger partial charge in [0.1, 0.15) is 5.75 Å². The molecule has 0 aliphatic rings. The molecule has 0 aliphatic carbocycles. The third-order valence-corrected chi connectivity index (χ3v) is 1.49. The minimum Gasteiger partial charge on any atom is -0.497 e. The first kappa shape index (κ1) is 8.42. The van der Waals surface area contributed by atoms with Crippen molar-refractivity contribution in [2.24, 2.45) is 0 Å². The molecule has 0 spiro atoms. The number of benzene rings is 1. The van der Waals surface area contributed by atoms with Crippen LogP contribution in [0, 0.1) is 12.3 Å². The Hall–Kier alpha value is -1.68. The first-order valence-electron chi connectivity index (χ1n) is 3.63. The second-order valence-corrected chi connectivity index (χ2v) is 2.27. The van der Waals surface area contributed by atoms with Crippen LogP contribution in [0.3, 0.4) is 0 Å². The molecule has 0 atom stereocenters. The summed E-state index contributed by atoms with van der Waals surface area (Å²) in [6.45, 7) is 0. The number of allylic oxidation sites excluding steroid dienone is 1. The number of hydrogen-bond acceptors (Lipinski definition) is 1. The molecule has 0 saturated carbocycles. The van der Waals surface area contributed by atoms with Gasteiger partial charge in [-0.1, -0.05) is 18.1 Å². The summed E-state index contributed by atoms with van der Waals surface area (Å²) in [6.07, 6.45) is 8.61. The predicted molar refractivity (Wildman–Crippen MR) is 50.9 cm³/mol. The van der Waals surface area contributed by atoms with Crippen molar-refractivity contribution < 1.29 is 4.74 Å². The summed E-state index contributed by atoms with van der Waals surface area (Å²) >= 11 is 0. The van der Waals surface area contributed by atoms with Gasteiger partial charge >= 0.3 is 0 Å². The smallest absolute Gasteiger partial charge is 0.118 e. The zero-order valence-electron chi connectivity index (χ0n) is 6.95. The lowest BCUT2D eigenvalue weighted by atomic mass is 10.2. The van der Waals surface area contributed by atoms with Gasteiger partial charge in [0, 0.05) is 0 Å². The van der Waals surface area contributed by atoms with E-state index in [1.807, 2.05) is 30.3 Å². The quantitative estimate of drug-likeness (QED) is 0.600. The molecule has 0 fully saturated rings. The van der Waals surface area contributed by atoms with Crippen LogP contribution in [0.2, 0.25) is 0 Å². The number of rotatable bonds is 2. The zero-order valence-corrected chi connectivity index (χ0v) is 6.95. The highest BCUT2D eigenvalue weighted by atomic mass is 16.5. The number of hydrogen-bond donors (Lipinski definition) is 0. The summed E-state index contributed by atoms with van der Waals surface area (Å²) in [5.41, 5.74) is 1.08. The third-order valence-electron chi connectivity index (χ3n) is 1.49. The van der Waals surface area contributed by atoms with Crippen LogP contribution in [-0.2, 0) is 0 Å². The van der Waals surface area contributed by atoms with Crippen molar-refractivity contribution in [3.05, 3.63) is 35.9 Å². The number of terminal acetylenes is 1. The van der Waals surface area contributed by atoms with Crippen LogP contribution in [-0.4, -0.2) is 7.11 Å². The minimum absolute atomic E-state index is 0.854. The number of methoxy groups -OCH3 is 1. The normalized spacial score (nSPS) is 9.67. The summed E-state index contributed by atoms with van der Waals surface area (Å²) in [6, 6.07) is 7.70. The SMILES string of the molecule is C#C/C=C/c1ccc(OC)cc1. The molecule has 1 nitrogen and oxygen atoms in total. The second-order valence-electron chi connectivity index (χ2n) is 2.27. The van der Waals surface area contributed by atoms with Crippen molar-refractivity contribution in [1.29, 1.82) is 0 Å². The fourth-order valence-electron chi connectivity index (χ4n) is 0.859. The molecule has 0 unspecified atom stereocenters. The summed E-state index contributed by atoms with van der Waals surface area (Å²) in [5, 5.41) is 0. The van der Waals surface area contributed by atoms with Gasteiger partial charge in [-0.3, -0.25) is 0 Å². The summed E-state index contributed by atoms with van der Waals surface area (Å²) in [7, 11) is 1.65. The van der Waals surface area contributed by atoms with Crippen molar-refractivity contribution in [3.8, 4) is 18.1 Å². The molecule has 1 heteroatoms. The van der Waals surface area contributed by atoms with Gasteiger partial charge in [0.05, 0.1) is 7.11 Å². The van der Waals surface area contributed by atoms with Gasteiger partial charge in [-0.25, -0.2) is 0 Å². The Morgan fingerprint density at radius 3 is 2.50 bits per heavy atom. The summed E-state index contributed by atoms with van der Waals surface area (Å²) < 4.78 is 5.01. The van der Waals surface area contributed by atoms with Crippen molar-refractivity contribution in [2.45, 2.75) is 0 Å². The molecule has 0 amide bonds. The van der Waals surface area contributed by atoms with Gasteiger partial charge in [-0.05, 0) is 29.8 Å². The summed E-state index contributed by atoms with van der Waals surface area (Å²) in [5.74, 6) is 3.29. The van der Waals surface area contributed by atoms with Crippen LogP contribution in [0.5, 0.6) is 5.75 Å². The lowest BCUT2D eigenvalue weighted by Crippen LogP contribution is -1.81. The molecular weight excluding hydrogens is 148 g/mol. The van der Waals surface area contributed by atoms with E-state index in [1.54, 1.807) is 13.2 Å². The molecule has 0 aliphatic heterocycles. The van der Waals surface area contributed by atoms with E-state index in [1.165, 1.54) is 0 Å². The highest BCUT2D eigenvalue weighted by Gasteiger charge is 1.88. The molecule has 0 aromatic heterocycles. The van der Waals surface area contributed by atoms with E-state index < -0.39 is 0 Å². The van der Waals surface area contributed by atoms with E-state index in [4.69, 9.17) is 11.2 Å². The Kier molecular flexibility index (Phi) is 2.98. The van der Waals surface area contributed by atoms with Gasteiger partial charge in [0.2, 0.25) is 0 Å². The first-order valence-corrected chi connectivity index (χ1v) is 3.63. The topological polar surface area (TPSA) is 9.23 Å². The molecule has 0 N–H and O–H groups in total. The fraction of sp³-hybridized carbons (Fsp3) is 0.0909. The van der Waals surface area contributed by atoms with Crippen LogP contribution in [0.25, 0.3) is 6.08 Å². The minimum atomic E-state index is 0.854. The largest absolute Gasteiger partial charge is 0.497 e. The molecule has 0 radical (unpaired) electrons. The maximum Gasteiger partial charge on any atom is 0.118 e. The standard InChI is InChI=1S/C11H10O/c1-3-4-5-10-6-8-11(12-2)9-7-10/h1,4-9H,2H3/b5-4+. The zero-order chi connectivity index (χ0) is 8.81. The summed E-state index contributed by atoms with van der Waals surface area (Å²) in [4.78, 5) is 0. The fourth-order valence-corrected chi connectivity index (χ4v) is 0.859. The Balaban J connectivity index is 2.79. The van der Waals surface area contributed by atoms with Crippen LogP contribution < -0.4 is 4.74 Å². The predicted octanol–water partition coefficient (Wildman–Crippen LogP) is 2.34. The van der Waals surface area contributed by atoms with Gasteiger partial charge in [0.15, 0.2) is 0 Å². The lowest BCUT2D eigenvalue weighted by Gasteiger charge is -1.98. The molecule has 0 saturated heterocycles. The Morgan fingerprint density at radius 2 is 2.00 bits per heavy atom. The molecule has 0 bridgehead atoms. The number of ether oxygens (including phenoxy) is 1. The Labute approximate surface area is 72.7 Å². The van der Waals surface area contributed by atoms with E-state index in [-0.39, 0.29) is 0 Å². The highest BCUT2D eigenvalue weighted by Crippen LogP contribution is 2.11. The molecule has 1 rings (SSSR count). The molecule has 0 heterocycles. The van der Waals surface area contributed by atoms with Crippen LogP contribution in [0.1, 0.15) is 5.56 Å². The van der Waals surface area contributed by atoms with E-state index in [2.05, 4.69) is 5.92 Å². The van der Waals surface area contributed by atoms with Gasteiger partial charge < -0.3 is 4.74 Å². The van der Waals surface area contributed by atoms with Crippen LogP contribution >= 0.6 is 0 Å². The maximum atomic E-state index is 5.07. The molecule has 12 heavy (non-hydrogen) atoms. The van der Waals surface area contributed by atoms with Crippen LogP contribution in [0.4, 0.5) is 0 Å². The van der Waals surface area contributed by atoms with Gasteiger partial charge in [-0.2, -0.15) is 0 Å². The van der Waals surface area contributed by atoms with E-state index in [0.717, 1.165) is 11.3 Å². The Bertz CT molecular complexity index is 301. The van der Waals surface area contributed by atoms with Crippen molar-refractivity contribution >= 4 is 6.08 Å². The first-order chi connectivity index (χ1) is 5.86. The molecule has 60 valence electrons. The maximum absolute atomic E-state index is 5.07. The average molecular weight is 158 g/mol. The molecular formula is C11H10O. The average Bonchev–Trinajstić information content (AvgIpc) is 2.15. The Morgan fingerprint density at radius 1 is 1.33 bits per heavy atom. The monoisotopic (exact) mass is 158 g/mol. The molecule has 1 aromatic carbocycles. The van der Waals surface area contributed by atoms with Crippen molar-refractivity contribution in [3.63, 3.8) is 0 Å². The van der Waals surface area contributed by atoms with E-state index >= 15 is 0 Å². The van der Waals surface area contributed by atoms with Crippen molar-refractivity contribution in [1.82, 2.24) is 0 Å². The van der Waals surface area contributed by atoms with Crippen molar-refractivity contribution in [2.75, 3.05) is 7.11 Å². The van der Waals surface area contributed by atoms with Gasteiger partial charge in [0.25, 0.3) is 0 Å². The third kappa shape index (κ3) is 2.17.